The minimum absolute atomic E-state index is 0.274. The Kier molecular flexibility index (Phi) is 3.46. The predicted molar refractivity (Wildman–Crippen MR) is 67.3 cm³/mol. The van der Waals surface area contributed by atoms with Crippen molar-refractivity contribution >= 4 is 11.8 Å². The van der Waals surface area contributed by atoms with Crippen LogP contribution in [0.5, 0.6) is 5.75 Å². The van der Waals surface area contributed by atoms with Gasteiger partial charge in [0, 0.05) is 12.2 Å². The zero-order valence-electron chi connectivity index (χ0n) is 10.5. The number of nitrogens with zero attached hydrogens (tertiary/aromatic N) is 1. The maximum absolute atomic E-state index is 11.3. The van der Waals surface area contributed by atoms with E-state index >= 15 is 0 Å². The van der Waals surface area contributed by atoms with Crippen LogP contribution in [-0.2, 0) is 9.59 Å². The van der Waals surface area contributed by atoms with Crippen LogP contribution in [0, 0.1) is 13.8 Å². The highest BCUT2D eigenvalue weighted by Gasteiger charge is 2.22. The van der Waals surface area contributed by atoms with Crippen molar-refractivity contribution in [1.29, 1.82) is 0 Å². The van der Waals surface area contributed by atoms with E-state index in [1.165, 1.54) is 17.1 Å². The van der Waals surface area contributed by atoms with Gasteiger partial charge in [0.05, 0.1) is 6.54 Å². The number of hydrogen-bond acceptors (Lipinski definition) is 3. The standard InChI is InChI=1S/C14H15NO3/c1-10-3-4-11(2)12(9-10)18-8-7-15-13(16)5-6-14(15)17/h3-6,9H,7-8H2,1-2H3. The van der Waals surface area contributed by atoms with Crippen molar-refractivity contribution in [3.05, 3.63) is 41.5 Å². The molecule has 1 aromatic carbocycles. The van der Waals surface area contributed by atoms with Crippen LogP contribution in [0.3, 0.4) is 0 Å². The summed E-state index contributed by atoms with van der Waals surface area (Å²) in [6, 6.07) is 5.94. The van der Waals surface area contributed by atoms with Crippen molar-refractivity contribution in [2.45, 2.75) is 13.8 Å². The average molecular weight is 245 g/mol. The van der Waals surface area contributed by atoms with Crippen LogP contribution in [-0.4, -0.2) is 29.9 Å². The third-order valence-corrected chi connectivity index (χ3v) is 2.82. The van der Waals surface area contributed by atoms with Crippen molar-refractivity contribution in [3.63, 3.8) is 0 Å². The van der Waals surface area contributed by atoms with Crippen LogP contribution < -0.4 is 4.74 Å². The van der Waals surface area contributed by atoms with Crippen LogP contribution in [0.15, 0.2) is 30.4 Å². The Morgan fingerprint density at radius 2 is 1.78 bits per heavy atom. The smallest absolute Gasteiger partial charge is 0.253 e. The fourth-order valence-electron chi connectivity index (χ4n) is 1.76. The number of benzene rings is 1. The Morgan fingerprint density at radius 3 is 2.44 bits per heavy atom. The van der Waals surface area contributed by atoms with Gasteiger partial charge in [0.15, 0.2) is 0 Å². The van der Waals surface area contributed by atoms with E-state index in [0.717, 1.165) is 16.9 Å². The average Bonchev–Trinajstić information content (AvgIpc) is 2.65. The van der Waals surface area contributed by atoms with Gasteiger partial charge in [0.2, 0.25) is 0 Å². The summed E-state index contributed by atoms with van der Waals surface area (Å²) < 4.78 is 5.60. The molecule has 1 aromatic rings. The Hall–Kier alpha value is -2.10. The largest absolute Gasteiger partial charge is 0.491 e. The highest BCUT2D eigenvalue weighted by molar-refractivity contribution is 6.12. The second kappa shape index (κ2) is 5.04. The van der Waals surface area contributed by atoms with Crippen LogP contribution in [0.25, 0.3) is 0 Å². The first kappa shape index (κ1) is 12.4. The quantitative estimate of drug-likeness (QED) is 0.757. The molecule has 4 heteroatoms. The van der Waals surface area contributed by atoms with Crippen LogP contribution in [0.2, 0.25) is 0 Å². The number of ether oxygens (including phenoxy) is 1. The SMILES string of the molecule is Cc1ccc(C)c(OCCN2C(=O)C=CC2=O)c1. The third kappa shape index (κ3) is 2.59. The lowest BCUT2D eigenvalue weighted by Crippen LogP contribution is -2.33. The molecule has 1 aliphatic rings. The summed E-state index contributed by atoms with van der Waals surface area (Å²) in [7, 11) is 0. The molecule has 0 radical (unpaired) electrons. The first-order valence-electron chi connectivity index (χ1n) is 5.81. The van der Waals surface area contributed by atoms with Gasteiger partial charge in [-0.15, -0.1) is 0 Å². The number of carbonyl (C=O) groups is 2. The van der Waals surface area contributed by atoms with E-state index in [9.17, 15) is 9.59 Å². The molecule has 0 aromatic heterocycles. The number of hydrogen-bond donors (Lipinski definition) is 0. The minimum atomic E-state index is -0.274. The molecule has 0 bridgehead atoms. The number of amides is 2. The molecule has 2 amide bonds. The van der Waals surface area contributed by atoms with Crippen LogP contribution >= 0.6 is 0 Å². The molecule has 0 atom stereocenters. The molecule has 0 aliphatic carbocycles. The predicted octanol–water partition coefficient (Wildman–Crippen LogP) is 1.61. The summed E-state index contributed by atoms with van der Waals surface area (Å²) in [5.74, 6) is 0.246. The molecule has 0 unspecified atom stereocenters. The molecular weight excluding hydrogens is 230 g/mol. The Bertz CT molecular complexity index is 502. The molecule has 0 saturated heterocycles. The molecule has 0 fully saturated rings. The van der Waals surface area contributed by atoms with Crippen molar-refractivity contribution < 1.29 is 14.3 Å². The number of carbonyl (C=O) groups excluding carboxylic acids is 2. The fraction of sp³-hybridized carbons (Fsp3) is 0.286. The summed E-state index contributed by atoms with van der Waals surface area (Å²) in [4.78, 5) is 23.8. The van der Waals surface area contributed by atoms with E-state index in [0.29, 0.717) is 6.61 Å². The lowest BCUT2D eigenvalue weighted by Gasteiger charge is -2.15. The zero-order chi connectivity index (χ0) is 13.1. The van der Waals surface area contributed by atoms with Gasteiger partial charge < -0.3 is 4.74 Å². The second-order valence-electron chi connectivity index (χ2n) is 4.28. The van der Waals surface area contributed by atoms with E-state index in [4.69, 9.17) is 4.74 Å². The van der Waals surface area contributed by atoms with E-state index in [1.54, 1.807) is 0 Å². The summed E-state index contributed by atoms with van der Waals surface area (Å²) in [6.07, 6.45) is 2.56. The Morgan fingerprint density at radius 1 is 1.11 bits per heavy atom. The van der Waals surface area contributed by atoms with Gasteiger partial charge in [-0.3, -0.25) is 14.5 Å². The first-order chi connectivity index (χ1) is 8.58. The molecule has 18 heavy (non-hydrogen) atoms. The number of imide groups is 1. The number of rotatable bonds is 4. The molecule has 0 spiro atoms. The van der Waals surface area contributed by atoms with Gasteiger partial charge in [0.25, 0.3) is 11.8 Å². The van der Waals surface area contributed by atoms with Crippen molar-refractivity contribution in [2.75, 3.05) is 13.2 Å². The van der Waals surface area contributed by atoms with E-state index in [-0.39, 0.29) is 18.4 Å². The topological polar surface area (TPSA) is 46.6 Å². The van der Waals surface area contributed by atoms with Crippen molar-refractivity contribution in [2.24, 2.45) is 0 Å². The summed E-state index contributed by atoms with van der Waals surface area (Å²) >= 11 is 0. The summed E-state index contributed by atoms with van der Waals surface area (Å²) in [6.45, 7) is 4.54. The van der Waals surface area contributed by atoms with Gasteiger partial charge in [0.1, 0.15) is 12.4 Å². The lowest BCUT2D eigenvalue weighted by molar-refractivity contribution is -0.137. The molecule has 2 rings (SSSR count). The molecular formula is C14H15NO3. The first-order valence-corrected chi connectivity index (χ1v) is 5.81. The molecule has 4 nitrogen and oxygen atoms in total. The lowest BCUT2D eigenvalue weighted by atomic mass is 10.1. The van der Waals surface area contributed by atoms with Gasteiger partial charge in [-0.05, 0) is 31.0 Å². The van der Waals surface area contributed by atoms with Gasteiger partial charge in [-0.25, -0.2) is 0 Å². The van der Waals surface area contributed by atoms with Crippen molar-refractivity contribution in [3.8, 4) is 5.75 Å². The van der Waals surface area contributed by atoms with E-state index < -0.39 is 0 Å². The van der Waals surface area contributed by atoms with Crippen LogP contribution in [0.4, 0.5) is 0 Å². The minimum Gasteiger partial charge on any atom is -0.491 e. The Balaban J connectivity index is 1.91. The molecule has 0 N–H and O–H groups in total. The number of aryl methyl sites for hydroxylation is 2. The molecule has 94 valence electrons. The fourth-order valence-corrected chi connectivity index (χ4v) is 1.76. The summed E-state index contributed by atoms with van der Waals surface area (Å²) in [5, 5.41) is 0. The van der Waals surface area contributed by atoms with Gasteiger partial charge in [-0.2, -0.15) is 0 Å². The highest BCUT2D eigenvalue weighted by Crippen LogP contribution is 2.19. The molecule has 0 saturated carbocycles. The summed E-state index contributed by atoms with van der Waals surface area (Å²) in [5.41, 5.74) is 2.16. The second-order valence-corrected chi connectivity index (χ2v) is 4.28. The van der Waals surface area contributed by atoms with Gasteiger partial charge in [-0.1, -0.05) is 12.1 Å². The monoisotopic (exact) mass is 245 g/mol. The van der Waals surface area contributed by atoms with E-state index in [1.807, 2.05) is 32.0 Å². The molecule has 1 heterocycles. The normalized spacial score (nSPS) is 14.4. The third-order valence-electron chi connectivity index (χ3n) is 2.82. The Labute approximate surface area is 106 Å². The van der Waals surface area contributed by atoms with Crippen LogP contribution in [0.1, 0.15) is 11.1 Å². The highest BCUT2D eigenvalue weighted by atomic mass is 16.5. The maximum Gasteiger partial charge on any atom is 0.253 e. The zero-order valence-corrected chi connectivity index (χ0v) is 10.5. The van der Waals surface area contributed by atoms with Gasteiger partial charge >= 0.3 is 0 Å². The maximum atomic E-state index is 11.3. The molecule has 1 aliphatic heterocycles. The van der Waals surface area contributed by atoms with E-state index in [2.05, 4.69) is 0 Å². The van der Waals surface area contributed by atoms with Crippen molar-refractivity contribution in [1.82, 2.24) is 4.90 Å².